The molecule has 80 valence electrons. The summed E-state index contributed by atoms with van der Waals surface area (Å²) in [6.45, 7) is 0. The molecule has 0 atom stereocenters. The topological polar surface area (TPSA) is 48.1 Å². The monoisotopic (exact) mass is 214 g/mol. The number of allylic oxidation sites excluding steroid dienone is 2. The van der Waals surface area contributed by atoms with E-state index in [9.17, 15) is 10.1 Å². The first-order valence-electron chi connectivity index (χ1n) is 4.81. The highest BCUT2D eigenvalue weighted by Gasteiger charge is 1.94. The third-order valence-electron chi connectivity index (χ3n) is 2.20. The summed E-state index contributed by atoms with van der Waals surface area (Å²) in [4.78, 5) is 9.56. The largest absolute Gasteiger partial charge is 0.323 e. The van der Waals surface area contributed by atoms with E-state index in [-0.39, 0.29) is 0 Å². The van der Waals surface area contributed by atoms with Gasteiger partial charge in [0, 0.05) is 18.5 Å². The average molecular weight is 214 g/mol. The van der Waals surface area contributed by atoms with Gasteiger partial charge in [-0.15, -0.1) is 0 Å². The molecule has 2 aromatic rings. The van der Waals surface area contributed by atoms with Gasteiger partial charge in [-0.05, 0) is 23.6 Å². The minimum Gasteiger partial charge on any atom is -0.323 e. The van der Waals surface area contributed by atoms with Crippen LogP contribution in [0.2, 0.25) is 0 Å². The molecule has 0 spiro atoms. The maximum atomic E-state index is 10.1. The number of hydrogen-bond acceptors (Lipinski definition) is 2. The summed E-state index contributed by atoms with van der Waals surface area (Å²) in [6.07, 6.45) is 7.63. The fourth-order valence-electron chi connectivity index (χ4n) is 1.50. The number of nitro groups is 1. The van der Waals surface area contributed by atoms with Crippen molar-refractivity contribution in [2.75, 3.05) is 0 Å². The molecule has 0 saturated heterocycles. The van der Waals surface area contributed by atoms with Crippen LogP contribution in [0.4, 0.5) is 0 Å². The molecule has 0 radical (unpaired) electrons. The molecule has 1 aromatic carbocycles. The Morgan fingerprint density at radius 1 is 1.19 bits per heavy atom. The van der Waals surface area contributed by atoms with E-state index in [0.29, 0.717) is 0 Å². The Morgan fingerprint density at radius 3 is 2.81 bits per heavy atom. The maximum Gasteiger partial charge on any atom is 0.234 e. The molecule has 0 aliphatic carbocycles. The molecular formula is C12H10N2O2. The van der Waals surface area contributed by atoms with E-state index in [0.717, 1.165) is 17.1 Å². The fraction of sp³-hybridized carbons (Fsp3) is 0. The van der Waals surface area contributed by atoms with Gasteiger partial charge in [-0.1, -0.05) is 18.2 Å². The van der Waals surface area contributed by atoms with Crippen LogP contribution in [0.1, 0.15) is 0 Å². The zero-order valence-corrected chi connectivity index (χ0v) is 8.48. The van der Waals surface area contributed by atoms with E-state index in [1.165, 1.54) is 6.08 Å². The summed E-state index contributed by atoms with van der Waals surface area (Å²) in [5.41, 5.74) is 1.08. The van der Waals surface area contributed by atoms with Crippen LogP contribution in [-0.2, 0) is 0 Å². The molecule has 0 amide bonds. The predicted octanol–water partition coefficient (Wildman–Crippen LogP) is 2.90. The normalized spacial score (nSPS) is 11.8. The lowest BCUT2D eigenvalue weighted by Gasteiger charge is -1.95. The van der Waals surface area contributed by atoms with Crippen molar-refractivity contribution in [3.63, 3.8) is 0 Å². The van der Waals surface area contributed by atoms with Gasteiger partial charge in [0.2, 0.25) is 6.20 Å². The van der Waals surface area contributed by atoms with Crippen molar-refractivity contribution in [3.8, 4) is 0 Å². The van der Waals surface area contributed by atoms with Gasteiger partial charge in [-0.25, -0.2) is 0 Å². The number of aromatic nitrogens is 1. The van der Waals surface area contributed by atoms with E-state index >= 15 is 0 Å². The molecule has 0 bridgehead atoms. The van der Waals surface area contributed by atoms with Gasteiger partial charge < -0.3 is 4.57 Å². The van der Waals surface area contributed by atoms with Gasteiger partial charge in [0.15, 0.2) is 0 Å². The zero-order chi connectivity index (χ0) is 11.4. The van der Waals surface area contributed by atoms with Crippen LogP contribution in [0.5, 0.6) is 0 Å². The first kappa shape index (κ1) is 10.2. The van der Waals surface area contributed by atoms with Crippen molar-refractivity contribution in [1.29, 1.82) is 0 Å². The third-order valence-corrected chi connectivity index (χ3v) is 2.20. The maximum absolute atomic E-state index is 10.1. The highest BCUT2D eigenvalue weighted by atomic mass is 16.6. The van der Waals surface area contributed by atoms with Crippen LogP contribution in [-0.4, -0.2) is 9.49 Å². The van der Waals surface area contributed by atoms with Crippen LogP contribution < -0.4 is 0 Å². The molecular weight excluding hydrogens is 204 g/mol. The molecule has 0 aliphatic heterocycles. The Hall–Kier alpha value is -2.36. The second kappa shape index (κ2) is 4.44. The van der Waals surface area contributed by atoms with Gasteiger partial charge in [-0.2, -0.15) is 0 Å². The van der Waals surface area contributed by atoms with Gasteiger partial charge in [0.05, 0.1) is 10.4 Å². The molecule has 0 saturated carbocycles. The molecule has 1 heterocycles. The van der Waals surface area contributed by atoms with Crippen molar-refractivity contribution in [1.82, 2.24) is 4.57 Å². The lowest BCUT2D eigenvalue weighted by Crippen LogP contribution is -1.83. The number of nitrogens with zero attached hydrogens (tertiary/aromatic N) is 2. The highest BCUT2D eigenvalue weighted by molar-refractivity contribution is 5.81. The van der Waals surface area contributed by atoms with Crippen molar-refractivity contribution >= 4 is 17.1 Å². The first-order chi connectivity index (χ1) is 7.77. The molecule has 4 nitrogen and oxygen atoms in total. The quantitative estimate of drug-likeness (QED) is 0.448. The van der Waals surface area contributed by atoms with E-state index in [2.05, 4.69) is 0 Å². The molecule has 4 heteroatoms. The number of rotatable bonds is 3. The van der Waals surface area contributed by atoms with Crippen molar-refractivity contribution < 1.29 is 4.92 Å². The molecule has 1 aromatic heterocycles. The standard InChI is InChI=1S/C12H10N2O2/c15-14(16)9-4-3-8-13-10-7-11-5-1-2-6-12(11)13/h1-10H/b8-3+,9-4+. The number of fused-ring (bicyclic) bond motifs is 1. The van der Waals surface area contributed by atoms with Gasteiger partial charge in [0.1, 0.15) is 0 Å². The van der Waals surface area contributed by atoms with E-state index < -0.39 is 4.92 Å². The Kier molecular flexibility index (Phi) is 2.82. The lowest BCUT2D eigenvalue weighted by atomic mass is 10.2. The third kappa shape index (κ3) is 2.17. The second-order valence-electron chi connectivity index (χ2n) is 3.25. The summed E-state index contributed by atoms with van der Waals surface area (Å²) in [5.74, 6) is 0. The van der Waals surface area contributed by atoms with Gasteiger partial charge in [0.25, 0.3) is 0 Å². The lowest BCUT2D eigenvalue weighted by molar-refractivity contribution is -0.402. The Balaban J connectivity index is 2.25. The Morgan fingerprint density at radius 2 is 2.00 bits per heavy atom. The minimum absolute atomic E-state index is 0.488. The molecule has 0 aliphatic rings. The number of hydrogen-bond donors (Lipinski definition) is 0. The SMILES string of the molecule is O=[N+]([O-])/C=C/C=C/n1ccc2ccccc21. The molecule has 0 unspecified atom stereocenters. The molecule has 0 fully saturated rings. The summed E-state index contributed by atoms with van der Waals surface area (Å²) in [5, 5.41) is 11.2. The summed E-state index contributed by atoms with van der Waals surface area (Å²) < 4.78 is 1.92. The van der Waals surface area contributed by atoms with Crippen LogP contribution in [0.25, 0.3) is 17.1 Å². The van der Waals surface area contributed by atoms with Crippen LogP contribution in [0.3, 0.4) is 0 Å². The molecule has 2 rings (SSSR count). The smallest absolute Gasteiger partial charge is 0.234 e. The summed E-state index contributed by atoms with van der Waals surface area (Å²) in [6, 6.07) is 9.95. The van der Waals surface area contributed by atoms with E-state index in [4.69, 9.17) is 0 Å². The number of benzene rings is 1. The summed E-state index contributed by atoms with van der Waals surface area (Å²) in [7, 11) is 0. The predicted molar refractivity (Wildman–Crippen MR) is 63.4 cm³/mol. The van der Waals surface area contributed by atoms with Crippen molar-refractivity contribution in [3.05, 3.63) is 65.0 Å². The second-order valence-corrected chi connectivity index (χ2v) is 3.25. The van der Waals surface area contributed by atoms with Crippen LogP contribution >= 0.6 is 0 Å². The van der Waals surface area contributed by atoms with E-state index in [1.807, 2.05) is 41.1 Å². The Labute approximate surface area is 92.3 Å². The van der Waals surface area contributed by atoms with Crippen LogP contribution in [0, 0.1) is 10.1 Å². The zero-order valence-electron chi connectivity index (χ0n) is 8.48. The van der Waals surface area contributed by atoms with Gasteiger partial charge >= 0.3 is 0 Å². The van der Waals surface area contributed by atoms with Crippen molar-refractivity contribution in [2.24, 2.45) is 0 Å². The fourth-order valence-corrected chi connectivity index (χ4v) is 1.50. The highest BCUT2D eigenvalue weighted by Crippen LogP contribution is 2.14. The Bertz CT molecular complexity index is 567. The molecule has 16 heavy (non-hydrogen) atoms. The van der Waals surface area contributed by atoms with Gasteiger partial charge in [-0.3, -0.25) is 10.1 Å². The minimum atomic E-state index is -0.488. The van der Waals surface area contributed by atoms with Crippen molar-refractivity contribution in [2.45, 2.75) is 0 Å². The first-order valence-corrected chi connectivity index (χ1v) is 4.81. The average Bonchev–Trinajstić information content (AvgIpc) is 2.68. The molecule has 0 N–H and O–H groups in total. The van der Waals surface area contributed by atoms with E-state index in [1.54, 1.807) is 12.3 Å². The number of para-hydroxylation sites is 1. The summed E-state index contributed by atoms with van der Waals surface area (Å²) >= 11 is 0. The van der Waals surface area contributed by atoms with Crippen LogP contribution in [0.15, 0.2) is 54.9 Å².